The van der Waals surface area contributed by atoms with E-state index in [0.717, 1.165) is 11.1 Å². The summed E-state index contributed by atoms with van der Waals surface area (Å²) < 4.78 is 27.1. The van der Waals surface area contributed by atoms with Crippen LogP contribution in [-0.4, -0.2) is 24.1 Å². The van der Waals surface area contributed by atoms with Gasteiger partial charge in [-0.2, -0.15) is 4.31 Å². The van der Waals surface area contributed by atoms with Crippen LogP contribution >= 0.6 is 15.9 Å². The second-order valence-corrected chi connectivity index (χ2v) is 8.33. The smallest absolute Gasteiger partial charge is 0.207 e. The third kappa shape index (κ3) is 2.65. The molecule has 0 bridgehead atoms. The van der Waals surface area contributed by atoms with E-state index in [9.17, 15) is 8.42 Å². The van der Waals surface area contributed by atoms with Crippen LogP contribution in [0.3, 0.4) is 0 Å². The maximum atomic E-state index is 12.8. The fourth-order valence-electron chi connectivity index (χ4n) is 2.55. The van der Waals surface area contributed by atoms with E-state index in [0.29, 0.717) is 11.4 Å². The first kappa shape index (κ1) is 14.8. The molecule has 110 valence electrons. The topological polar surface area (TPSA) is 37.4 Å². The van der Waals surface area contributed by atoms with Gasteiger partial charge < -0.3 is 0 Å². The molecule has 1 aliphatic rings. The van der Waals surface area contributed by atoms with Gasteiger partial charge in [-0.3, -0.25) is 0 Å². The minimum atomic E-state index is -3.45. The number of aryl methyl sites for hydroxylation is 1. The van der Waals surface area contributed by atoms with Crippen molar-refractivity contribution in [2.45, 2.75) is 22.7 Å². The molecule has 3 rings (SSSR count). The number of alkyl halides is 1. The zero-order valence-corrected chi connectivity index (χ0v) is 14.0. The summed E-state index contributed by atoms with van der Waals surface area (Å²) in [6.07, 6.45) is 0. The van der Waals surface area contributed by atoms with Crippen molar-refractivity contribution in [1.82, 2.24) is 4.31 Å². The zero-order chi connectivity index (χ0) is 15.0. The Morgan fingerprint density at radius 3 is 2.24 bits per heavy atom. The minimum Gasteiger partial charge on any atom is -0.207 e. The molecule has 2 atom stereocenters. The molecular weight excluding hydrogens is 350 g/mol. The molecule has 5 heteroatoms. The predicted molar refractivity (Wildman–Crippen MR) is 87.0 cm³/mol. The van der Waals surface area contributed by atoms with Gasteiger partial charge in [-0.05, 0) is 24.6 Å². The van der Waals surface area contributed by atoms with E-state index in [1.807, 2.05) is 49.4 Å². The first-order chi connectivity index (χ1) is 10.00. The molecular formula is C16H16BrNO2S. The lowest BCUT2D eigenvalue weighted by molar-refractivity contribution is 0.218. The second-order valence-electron chi connectivity index (χ2n) is 5.26. The Kier molecular flexibility index (Phi) is 3.90. The fraction of sp³-hybridized carbons (Fsp3) is 0.250. The summed E-state index contributed by atoms with van der Waals surface area (Å²) in [7, 11) is -3.45. The van der Waals surface area contributed by atoms with Crippen LogP contribution < -0.4 is 0 Å². The molecule has 3 nitrogen and oxygen atoms in total. The number of hydrogen-bond acceptors (Lipinski definition) is 2. The molecule has 0 amide bonds. The van der Waals surface area contributed by atoms with E-state index >= 15 is 0 Å². The van der Waals surface area contributed by atoms with Crippen LogP contribution in [-0.2, 0) is 10.0 Å². The Morgan fingerprint density at radius 2 is 1.67 bits per heavy atom. The van der Waals surface area contributed by atoms with Crippen LogP contribution in [0.15, 0.2) is 59.5 Å². The molecule has 0 spiro atoms. The molecule has 0 aromatic heterocycles. The van der Waals surface area contributed by atoms with E-state index in [4.69, 9.17) is 0 Å². The van der Waals surface area contributed by atoms with E-state index < -0.39 is 10.0 Å². The van der Waals surface area contributed by atoms with E-state index in [2.05, 4.69) is 15.9 Å². The molecule has 2 aromatic carbocycles. The molecule has 0 saturated carbocycles. The quantitative estimate of drug-likeness (QED) is 0.780. The molecule has 2 aromatic rings. The number of hydrogen-bond donors (Lipinski definition) is 0. The minimum absolute atomic E-state index is 0.141. The molecule has 0 radical (unpaired) electrons. The third-order valence-electron chi connectivity index (χ3n) is 3.78. The van der Waals surface area contributed by atoms with Gasteiger partial charge in [-0.1, -0.05) is 64.0 Å². The number of rotatable bonds is 3. The maximum Gasteiger partial charge on any atom is 0.243 e. The van der Waals surface area contributed by atoms with Crippen LogP contribution in [0, 0.1) is 6.92 Å². The maximum absolute atomic E-state index is 12.8. The van der Waals surface area contributed by atoms with Crippen molar-refractivity contribution in [2.75, 3.05) is 6.54 Å². The highest BCUT2D eigenvalue weighted by Crippen LogP contribution is 2.42. The highest BCUT2D eigenvalue weighted by molar-refractivity contribution is 9.09. The summed E-state index contributed by atoms with van der Waals surface area (Å²) in [4.78, 5) is 0.508. The fourth-order valence-corrected chi connectivity index (χ4v) is 5.47. The summed E-state index contributed by atoms with van der Waals surface area (Å²) in [5.74, 6) is 0. The number of halogens is 1. The van der Waals surface area contributed by atoms with Crippen molar-refractivity contribution in [2.24, 2.45) is 0 Å². The van der Waals surface area contributed by atoms with Gasteiger partial charge in [0.2, 0.25) is 10.0 Å². The zero-order valence-electron chi connectivity index (χ0n) is 11.6. The van der Waals surface area contributed by atoms with Gasteiger partial charge in [-0.25, -0.2) is 8.42 Å². The van der Waals surface area contributed by atoms with E-state index in [1.165, 1.54) is 0 Å². The molecule has 1 aliphatic heterocycles. The van der Waals surface area contributed by atoms with Crippen LogP contribution in [0.1, 0.15) is 17.2 Å². The highest BCUT2D eigenvalue weighted by atomic mass is 79.9. The van der Waals surface area contributed by atoms with E-state index in [1.54, 1.807) is 16.4 Å². The van der Waals surface area contributed by atoms with Crippen LogP contribution in [0.4, 0.5) is 0 Å². The molecule has 1 heterocycles. The predicted octanol–water partition coefficient (Wildman–Crippen LogP) is 3.50. The first-order valence-electron chi connectivity index (χ1n) is 6.77. The lowest BCUT2D eigenvalue weighted by atomic mass is 9.98. The van der Waals surface area contributed by atoms with Gasteiger partial charge in [0.15, 0.2) is 0 Å². The van der Waals surface area contributed by atoms with Crippen molar-refractivity contribution >= 4 is 26.0 Å². The van der Waals surface area contributed by atoms with Gasteiger partial charge in [0, 0.05) is 11.4 Å². The summed E-state index contributed by atoms with van der Waals surface area (Å²) in [5.41, 5.74) is 2.07. The SMILES string of the molecule is Cc1ccc(S(=O)(=O)N2C[C@@H](Br)[C@H]2c2ccccc2)cc1. The Labute approximate surface area is 133 Å². The van der Waals surface area contributed by atoms with Gasteiger partial charge >= 0.3 is 0 Å². The van der Waals surface area contributed by atoms with Crippen LogP contribution in [0.25, 0.3) is 0 Å². The normalized spacial score (nSPS) is 22.8. The van der Waals surface area contributed by atoms with Crippen molar-refractivity contribution in [3.8, 4) is 0 Å². The second kappa shape index (κ2) is 5.55. The number of nitrogens with zero attached hydrogens (tertiary/aromatic N) is 1. The Bertz CT molecular complexity index is 729. The van der Waals surface area contributed by atoms with Crippen LogP contribution in [0.2, 0.25) is 0 Å². The molecule has 21 heavy (non-hydrogen) atoms. The Morgan fingerprint density at radius 1 is 1.05 bits per heavy atom. The van der Waals surface area contributed by atoms with Crippen molar-refractivity contribution in [3.63, 3.8) is 0 Å². The lowest BCUT2D eigenvalue weighted by Crippen LogP contribution is -2.53. The average molecular weight is 366 g/mol. The lowest BCUT2D eigenvalue weighted by Gasteiger charge is -2.44. The summed E-state index contributed by atoms with van der Waals surface area (Å²) >= 11 is 3.57. The van der Waals surface area contributed by atoms with Crippen molar-refractivity contribution in [1.29, 1.82) is 0 Å². The summed E-state index contributed by atoms with van der Waals surface area (Å²) in [6, 6.07) is 16.6. The molecule has 0 unspecified atom stereocenters. The Balaban J connectivity index is 1.94. The number of sulfonamides is 1. The van der Waals surface area contributed by atoms with E-state index in [-0.39, 0.29) is 10.9 Å². The standard InChI is InChI=1S/C16H16BrNO2S/c1-12-7-9-14(10-8-12)21(19,20)18-11-15(17)16(18)13-5-3-2-4-6-13/h2-10,15-16H,11H2,1H3/t15-,16-/m1/s1. The monoisotopic (exact) mass is 365 g/mol. The first-order valence-corrected chi connectivity index (χ1v) is 9.13. The average Bonchev–Trinajstić information content (AvgIpc) is 2.46. The summed E-state index contributed by atoms with van der Waals surface area (Å²) in [5, 5.41) is 0. The van der Waals surface area contributed by atoms with Gasteiger partial charge in [0.25, 0.3) is 0 Å². The molecule has 0 aliphatic carbocycles. The number of benzene rings is 2. The third-order valence-corrected chi connectivity index (χ3v) is 6.43. The molecule has 0 N–H and O–H groups in total. The van der Waals surface area contributed by atoms with Crippen LogP contribution in [0.5, 0.6) is 0 Å². The van der Waals surface area contributed by atoms with Gasteiger partial charge in [0.1, 0.15) is 0 Å². The van der Waals surface area contributed by atoms with Gasteiger partial charge in [0.05, 0.1) is 10.9 Å². The summed E-state index contributed by atoms with van der Waals surface area (Å²) in [6.45, 7) is 2.44. The Hall–Kier alpha value is -1.17. The van der Waals surface area contributed by atoms with Crippen molar-refractivity contribution < 1.29 is 8.42 Å². The van der Waals surface area contributed by atoms with Crippen molar-refractivity contribution in [3.05, 3.63) is 65.7 Å². The largest absolute Gasteiger partial charge is 0.243 e. The molecule has 1 fully saturated rings. The van der Waals surface area contributed by atoms with Gasteiger partial charge in [-0.15, -0.1) is 0 Å². The highest BCUT2D eigenvalue weighted by Gasteiger charge is 2.45. The molecule has 1 saturated heterocycles.